The van der Waals surface area contributed by atoms with Crippen molar-refractivity contribution in [3.63, 3.8) is 0 Å². The van der Waals surface area contributed by atoms with E-state index in [2.05, 4.69) is 28.2 Å². The van der Waals surface area contributed by atoms with Gasteiger partial charge in [0.1, 0.15) is 18.1 Å². The van der Waals surface area contributed by atoms with E-state index in [0.29, 0.717) is 18.7 Å². The maximum atomic E-state index is 11.4. The van der Waals surface area contributed by atoms with Crippen LogP contribution >= 0.6 is 11.3 Å². The van der Waals surface area contributed by atoms with Gasteiger partial charge in [-0.05, 0) is 42.0 Å². The van der Waals surface area contributed by atoms with Crippen molar-refractivity contribution in [3.05, 3.63) is 66.2 Å². The minimum atomic E-state index is -3.54. The largest absolute Gasteiger partial charge is 0.506 e. The molecule has 4 aromatic rings. The standard InChI is InChI=1S/C23H24N2O5S2/c1-32(28,29)25-19-12-15(6-9-20(19)26)21(27)14-24-10-11-30-16-7-8-18-17-4-2-3-5-22(17)31-23(18)13-16/h2-9,12-13,21,24-27H,10-11,14H2,1H3/t21-/m1/s1. The van der Waals surface area contributed by atoms with Crippen molar-refractivity contribution >= 4 is 47.2 Å². The van der Waals surface area contributed by atoms with E-state index >= 15 is 0 Å². The molecule has 0 saturated heterocycles. The van der Waals surface area contributed by atoms with E-state index in [9.17, 15) is 18.6 Å². The summed E-state index contributed by atoms with van der Waals surface area (Å²) in [5.74, 6) is 0.588. The summed E-state index contributed by atoms with van der Waals surface area (Å²) < 4.78 is 33.3. The van der Waals surface area contributed by atoms with Gasteiger partial charge in [-0.2, -0.15) is 0 Å². The fourth-order valence-electron chi connectivity index (χ4n) is 3.44. The molecule has 7 nitrogen and oxygen atoms in total. The van der Waals surface area contributed by atoms with Crippen LogP contribution in [-0.4, -0.2) is 44.6 Å². The fourth-order valence-corrected chi connectivity index (χ4v) is 5.13. The van der Waals surface area contributed by atoms with Crippen molar-refractivity contribution in [1.29, 1.82) is 0 Å². The van der Waals surface area contributed by atoms with Gasteiger partial charge in [0.05, 0.1) is 18.0 Å². The molecule has 1 atom stereocenters. The number of sulfonamides is 1. The average Bonchev–Trinajstić information content (AvgIpc) is 3.11. The molecule has 0 aliphatic rings. The molecule has 4 rings (SSSR count). The third kappa shape index (κ3) is 5.31. The molecule has 9 heteroatoms. The fraction of sp³-hybridized carbons (Fsp3) is 0.217. The van der Waals surface area contributed by atoms with Crippen molar-refractivity contribution in [2.75, 3.05) is 30.7 Å². The molecule has 1 heterocycles. The van der Waals surface area contributed by atoms with Gasteiger partial charge < -0.3 is 20.3 Å². The summed E-state index contributed by atoms with van der Waals surface area (Å²) in [6, 6.07) is 18.7. The molecule has 32 heavy (non-hydrogen) atoms. The predicted octanol–water partition coefficient (Wildman–Crippen LogP) is 3.83. The van der Waals surface area contributed by atoms with E-state index in [-0.39, 0.29) is 18.0 Å². The Morgan fingerprint density at radius 1 is 1.03 bits per heavy atom. The zero-order valence-corrected chi connectivity index (χ0v) is 19.0. The highest BCUT2D eigenvalue weighted by Crippen LogP contribution is 2.35. The Morgan fingerprint density at radius 3 is 2.62 bits per heavy atom. The van der Waals surface area contributed by atoms with Crippen LogP contribution in [-0.2, 0) is 10.0 Å². The zero-order valence-electron chi connectivity index (χ0n) is 17.4. The number of phenols is 1. The molecular weight excluding hydrogens is 448 g/mol. The lowest BCUT2D eigenvalue weighted by Gasteiger charge is -2.15. The van der Waals surface area contributed by atoms with Crippen molar-refractivity contribution < 1.29 is 23.4 Å². The van der Waals surface area contributed by atoms with E-state index in [0.717, 1.165) is 12.0 Å². The summed E-state index contributed by atoms with van der Waals surface area (Å²) >= 11 is 1.74. The first-order valence-electron chi connectivity index (χ1n) is 10.0. The molecule has 0 radical (unpaired) electrons. The topological polar surface area (TPSA) is 108 Å². The molecule has 0 spiro atoms. The number of hydrogen-bond acceptors (Lipinski definition) is 7. The molecule has 0 amide bonds. The average molecular weight is 473 g/mol. The summed E-state index contributed by atoms with van der Waals surface area (Å²) in [4.78, 5) is 0. The van der Waals surface area contributed by atoms with Crippen LogP contribution in [0, 0.1) is 0 Å². The van der Waals surface area contributed by atoms with Crippen molar-refractivity contribution in [3.8, 4) is 11.5 Å². The van der Waals surface area contributed by atoms with Gasteiger partial charge in [-0.25, -0.2) is 8.42 Å². The van der Waals surface area contributed by atoms with Crippen LogP contribution in [0.25, 0.3) is 20.2 Å². The number of thiophene rings is 1. The quantitative estimate of drug-likeness (QED) is 0.218. The van der Waals surface area contributed by atoms with Crippen LogP contribution in [0.4, 0.5) is 5.69 Å². The van der Waals surface area contributed by atoms with Crippen LogP contribution < -0.4 is 14.8 Å². The molecule has 1 aromatic heterocycles. The van der Waals surface area contributed by atoms with Gasteiger partial charge in [0.25, 0.3) is 0 Å². The zero-order chi connectivity index (χ0) is 22.7. The Kier molecular flexibility index (Phi) is 6.52. The number of nitrogens with one attached hydrogen (secondary N) is 2. The maximum Gasteiger partial charge on any atom is 0.229 e. The van der Waals surface area contributed by atoms with Crippen LogP contribution in [0.3, 0.4) is 0 Å². The Balaban J connectivity index is 1.29. The first kappa shape index (κ1) is 22.3. The van der Waals surface area contributed by atoms with Crippen molar-refractivity contribution in [2.24, 2.45) is 0 Å². The first-order valence-corrected chi connectivity index (χ1v) is 12.7. The van der Waals surface area contributed by atoms with Gasteiger partial charge in [0.15, 0.2) is 0 Å². The Hall–Kier alpha value is -2.85. The van der Waals surface area contributed by atoms with Crippen molar-refractivity contribution in [2.45, 2.75) is 6.10 Å². The molecule has 168 valence electrons. The summed E-state index contributed by atoms with van der Waals surface area (Å²) in [6.45, 7) is 1.20. The number of phenolic OH excluding ortho intramolecular Hbond substituents is 1. The Labute approximate surface area is 190 Å². The predicted molar refractivity (Wildman–Crippen MR) is 129 cm³/mol. The molecule has 0 fully saturated rings. The number of aromatic hydroxyl groups is 1. The minimum absolute atomic E-state index is 0.0315. The Morgan fingerprint density at radius 2 is 1.81 bits per heavy atom. The van der Waals surface area contributed by atoms with Crippen LogP contribution in [0.2, 0.25) is 0 Å². The number of ether oxygens (including phenoxy) is 1. The molecule has 4 N–H and O–H groups in total. The number of fused-ring (bicyclic) bond motifs is 3. The highest BCUT2D eigenvalue weighted by molar-refractivity contribution is 7.92. The van der Waals surface area contributed by atoms with Gasteiger partial charge in [0, 0.05) is 33.3 Å². The molecule has 0 bridgehead atoms. The third-order valence-corrected chi connectivity index (χ3v) is 6.66. The normalized spacial score (nSPS) is 12.8. The maximum absolute atomic E-state index is 11.4. The van der Waals surface area contributed by atoms with Gasteiger partial charge in [-0.1, -0.05) is 24.3 Å². The van der Waals surface area contributed by atoms with Crippen LogP contribution in [0.5, 0.6) is 11.5 Å². The number of aliphatic hydroxyl groups excluding tert-OH is 1. The number of aliphatic hydroxyl groups is 1. The van der Waals surface area contributed by atoms with E-state index in [1.54, 1.807) is 17.4 Å². The van der Waals surface area contributed by atoms with Crippen LogP contribution in [0.1, 0.15) is 11.7 Å². The second-order valence-electron chi connectivity index (χ2n) is 7.48. The van der Waals surface area contributed by atoms with Crippen molar-refractivity contribution in [1.82, 2.24) is 5.32 Å². The molecule has 3 aromatic carbocycles. The van der Waals surface area contributed by atoms with Gasteiger partial charge in [-0.3, -0.25) is 4.72 Å². The number of hydrogen-bond donors (Lipinski definition) is 4. The number of benzene rings is 3. The second kappa shape index (κ2) is 9.33. The minimum Gasteiger partial charge on any atom is -0.506 e. The summed E-state index contributed by atoms with van der Waals surface area (Å²) in [5, 5.41) is 25.8. The highest BCUT2D eigenvalue weighted by atomic mass is 32.2. The van der Waals surface area contributed by atoms with Gasteiger partial charge in [0.2, 0.25) is 10.0 Å². The van der Waals surface area contributed by atoms with Crippen LogP contribution in [0.15, 0.2) is 60.7 Å². The number of anilines is 1. The van der Waals surface area contributed by atoms with E-state index < -0.39 is 16.1 Å². The third-order valence-electron chi connectivity index (χ3n) is 4.94. The lowest BCUT2D eigenvalue weighted by Crippen LogP contribution is -2.26. The molecule has 0 aliphatic carbocycles. The highest BCUT2D eigenvalue weighted by Gasteiger charge is 2.13. The lowest BCUT2D eigenvalue weighted by atomic mass is 10.1. The SMILES string of the molecule is CS(=O)(=O)Nc1cc([C@H](O)CNCCOc2ccc3c(c2)sc2ccccc23)ccc1O. The molecule has 0 saturated carbocycles. The van der Waals surface area contributed by atoms with E-state index in [1.165, 1.54) is 32.3 Å². The van der Waals surface area contributed by atoms with Gasteiger partial charge in [-0.15, -0.1) is 11.3 Å². The molecule has 0 aliphatic heterocycles. The summed E-state index contributed by atoms with van der Waals surface area (Å²) in [7, 11) is -3.54. The summed E-state index contributed by atoms with van der Waals surface area (Å²) in [5.41, 5.74) is 0.515. The smallest absolute Gasteiger partial charge is 0.229 e. The molecule has 0 unspecified atom stereocenters. The Bertz CT molecular complexity index is 1350. The van der Waals surface area contributed by atoms with E-state index in [1.807, 2.05) is 24.3 Å². The van der Waals surface area contributed by atoms with Gasteiger partial charge >= 0.3 is 0 Å². The second-order valence-corrected chi connectivity index (χ2v) is 10.3. The summed E-state index contributed by atoms with van der Waals surface area (Å²) in [6.07, 6.45) is 0.126. The number of rotatable bonds is 9. The molecular formula is C23H24N2O5S2. The lowest BCUT2D eigenvalue weighted by molar-refractivity contribution is 0.172. The van der Waals surface area contributed by atoms with E-state index in [4.69, 9.17) is 4.74 Å². The monoisotopic (exact) mass is 472 g/mol. The first-order chi connectivity index (χ1) is 15.3.